The Balaban J connectivity index is 2.81. The van der Waals surface area contributed by atoms with Crippen molar-refractivity contribution in [1.29, 1.82) is 0 Å². The summed E-state index contributed by atoms with van der Waals surface area (Å²) >= 11 is 1.02. The van der Waals surface area contributed by atoms with E-state index in [2.05, 4.69) is 4.98 Å². The Labute approximate surface area is 62.3 Å². The van der Waals surface area contributed by atoms with E-state index in [0.29, 0.717) is 17.1 Å². The van der Waals surface area contributed by atoms with Gasteiger partial charge >= 0.3 is 0 Å². The van der Waals surface area contributed by atoms with Crippen LogP contribution in [-0.4, -0.2) is 16.7 Å². The highest BCUT2D eigenvalue weighted by molar-refractivity contribution is 7.09. The molecule has 0 aromatic carbocycles. The number of hydrogen-bond acceptors (Lipinski definition) is 3. The molecule has 0 saturated carbocycles. The molecule has 0 fully saturated rings. The van der Waals surface area contributed by atoms with Crippen LogP contribution in [0.1, 0.15) is 10.7 Å². The van der Waals surface area contributed by atoms with E-state index in [1.165, 1.54) is 0 Å². The second-order valence-electron chi connectivity index (χ2n) is 1.93. The average Bonchev–Trinajstić information content (AvgIpc) is 2.13. The minimum atomic E-state index is -0.272. The fourth-order valence-electron chi connectivity index (χ4n) is 0.705. The van der Waals surface area contributed by atoms with Crippen molar-refractivity contribution < 1.29 is 9.50 Å². The van der Waals surface area contributed by atoms with Gasteiger partial charge in [-0.1, -0.05) is 11.3 Å². The van der Waals surface area contributed by atoms with E-state index in [9.17, 15) is 4.39 Å². The van der Waals surface area contributed by atoms with Gasteiger partial charge in [0.05, 0.1) is 10.7 Å². The molecule has 0 atom stereocenters. The number of aromatic nitrogens is 1. The molecule has 0 amide bonds. The molecule has 2 nitrogen and oxygen atoms in total. The van der Waals surface area contributed by atoms with Crippen molar-refractivity contribution in [1.82, 2.24) is 4.98 Å². The summed E-state index contributed by atoms with van der Waals surface area (Å²) < 4.78 is 12.6. The smallest absolute Gasteiger partial charge is 0.199 e. The first-order valence-corrected chi connectivity index (χ1v) is 3.78. The Kier molecular flexibility index (Phi) is 2.34. The molecule has 0 aliphatic carbocycles. The Morgan fingerprint density at radius 3 is 2.80 bits per heavy atom. The number of aliphatic hydroxyl groups excluding tert-OH is 1. The van der Waals surface area contributed by atoms with E-state index < -0.39 is 0 Å². The Bertz CT molecular complexity index is 224. The monoisotopic (exact) mass is 161 g/mol. The molecule has 10 heavy (non-hydrogen) atoms. The van der Waals surface area contributed by atoms with E-state index in [4.69, 9.17) is 5.11 Å². The number of aliphatic hydroxyl groups is 1. The fraction of sp³-hybridized carbons (Fsp3) is 0.500. The minimum absolute atomic E-state index is 0.0416. The highest BCUT2D eigenvalue weighted by atomic mass is 32.1. The maximum atomic E-state index is 12.6. The van der Waals surface area contributed by atoms with E-state index in [1.54, 1.807) is 6.92 Å². The van der Waals surface area contributed by atoms with Crippen LogP contribution in [0.25, 0.3) is 0 Å². The molecular weight excluding hydrogens is 153 g/mol. The largest absolute Gasteiger partial charge is 0.396 e. The molecule has 0 radical (unpaired) electrons. The third-order valence-corrected chi connectivity index (χ3v) is 1.91. The molecule has 0 saturated heterocycles. The summed E-state index contributed by atoms with van der Waals surface area (Å²) in [5, 5.41) is 8.89. The Morgan fingerprint density at radius 1 is 1.70 bits per heavy atom. The van der Waals surface area contributed by atoms with Crippen LogP contribution in [0.15, 0.2) is 0 Å². The Morgan fingerprint density at radius 2 is 2.40 bits per heavy atom. The van der Waals surface area contributed by atoms with Gasteiger partial charge in [-0.05, 0) is 6.92 Å². The molecule has 1 rings (SSSR count). The standard InChI is InChI=1S/C6H8FNOS/c1-4-8-5(2-3-9)6(7)10-4/h9H,2-3H2,1H3. The predicted molar refractivity (Wildman–Crippen MR) is 37.6 cm³/mol. The maximum Gasteiger partial charge on any atom is 0.199 e. The lowest BCUT2D eigenvalue weighted by atomic mass is 10.3. The summed E-state index contributed by atoms with van der Waals surface area (Å²) in [6.45, 7) is 1.70. The zero-order chi connectivity index (χ0) is 7.56. The fourth-order valence-corrected chi connectivity index (χ4v) is 1.39. The highest BCUT2D eigenvalue weighted by Crippen LogP contribution is 2.15. The van der Waals surface area contributed by atoms with E-state index in [0.717, 1.165) is 11.3 Å². The number of hydrogen-bond donors (Lipinski definition) is 1. The van der Waals surface area contributed by atoms with Gasteiger partial charge in [0.25, 0.3) is 0 Å². The van der Waals surface area contributed by atoms with Gasteiger partial charge in [-0.3, -0.25) is 0 Å². The summed E-state index contributed by atoms with van der Waals surface area (Å²) in [6, 6.07) is 0. The summed E-state index contributed by atoms with van der Waals surface area (Å²) in [5.41, 5.74) is 0.380. The van der Waals surface area contributed by atoms with Crippen LogP contribution in [-0.2, 0) is 6.42 Å². The molecular formula is C6H8FNOS. The Hall–Kier alpha value is -0.480. The van der Waals surface area contributed by atoms with Crippen LogP contribution in [0.4, 0.5) is 4.39 Å². The number of thiazole rings is 1. The van der Waals surface area contributed by atoms with Crippen molar-refractivity contribution in [3.05, 3.63) is 15.8 Å². The van der Waals surface area contributed by atoms with Crippen molar-refractivity contribution in [3.8, 4) is 0 Å². The van der Waals surface area contributed by atoms with Crippen LogP contribution >= 0.6 is 11.3 Å². The molecule has 1 aromatic rings. The molecule has 56 valence electrons. The molecule has 0 bridgehead atoms. The van der Waals surface area contributed by atoms with Crippen molar-refractivity contribution in [2.24, 2.45) is 0 Å². The molecule has 0 spiro atoms. The van der Waals surface area contributed by atoms with Crippen LogP contribution in [0, 0.1) is 12.1 Å². The lowest BCUT2D eigenvalue weighted by molar-refractivity contribution is 0.296. The van der Waals surface area contributed by atoms with Crippen LogP contribution in [0.2, 0.25) is 0 Å². The lowest BCUT2D eigenvalue weighted by Crippen LogP contribution is -1.92. The highest BCUT2D eigenvalue weighted by Gasteiger charge is 2.06. The van der Waals surface area contributed by atoms with E-state index in [-0.39, 0.29) is 11.7 Å². The summed E-state index contributed by atoms with van der Waals surface area (Å²) in [4.78, 5) is 3.88. The van der Waals surface area contributed by atoms with Gasteiger partial charge in [0.2, 0.25) is 0 Å². The van der Waals surface area contributed by atoms with Gasteiger partial charge in [-0.15, -0.1) is 0 Å². The molecule has 1 N–H and O–H groups in total. The number of halogens is 1. The molecule has 0 aliphatic heterocycles. The molecule has 1 aromatic heterocycles. The van der Waals surface area contributed by atoms with Crippen molar-refractivity contribution in [3.63, 3.8) is 0 Å². The van der Waals surface area contributed by atoms with E-state index in [1.807, 2.05) is 0 Å². The normalized spacial score (nSPS) is 10.3. The zero-order valence-corrected chi connectivity index (χ0v) is 6.41. The number of aryl methyl sites for hydroxylation is 1. The first kappa shape index (κ1) is 7.63. The van der Waals surface area contributed by atoms with Crippen LogP contribution in [0.5, 0.6) is 0 Å². The minimum Gasteiger partial charge on any atom is -0.396 e. The summed E-state index contributed by atoms with van der Waals surface area (Å²) in [7, 11) is 0. The number of nitrogens with zero attached hydrogens (tertiary/aromatic N) is 1. The van der Waals surface area contributed by atoms with Gasteiger partial charge in [0.1, 0.15) is 0 Å². The summed E-state index contributed by atoms with van der Waals surface area (Å²) in [5.74, 6) is 0. The SMILES string of the molecule is Cc1nc(CCO)c(F)s1. The van der Waals surface area contributed by atoms with Gasteiger partial charge in [0.15, 0.2) is 5.13 Å². The second kappa shape index (κ2) is 3.07. The van der Waals surface area contributed by atoms with Crippen molar-refractivity contribution in [2.45, 2.75) is 13.3 Å². The van der Waals surface area contributed by atoms with E-state index >= 15 is 0 Å². The third kappa shape index (κ3) is 1.52. The molecule has 1 heterocycles. The zero-order valence-electron chi connectivity index (χ0n) is 5.59. The third-order valence-electron chi connectivity index (χ3n) is 1.11. The second-order valence-corrected chi connectivity index (χ2v) is 3.08. The average molecular weight is 161 g/mol. The molecule has 0 unspecified atom stereocenters. The first-order chi connectivity index (χ1) is 4.74. The van der Waals surface area contributed by atoms with Gasteiger partial charge in [0, 0.05) is 13.0 Å². The van der Waals surface area contributed by atoms with Crippen molar-refractivity contribution >= 4 is 11.3 Å². The first-order valence-electron chi connectivity index (χ1n) is 2.96. The predicted octanol–water partition coefficient (Wildman–Crippen LogP) is 1.13. The van der Waals surface area contributed by atoms with Crippen molar-refractivity contribution in [2.75, 3.05) is 6.61 Å². The molecule has 4 heteroatoms. The van der Waals surface area contributed by atoms with Crippen LogP contribution in [0.3, 0.4) is 0 Å². The van der Waals surface area contributed by atoms with Gasteiger partial charge in [-0.25, -0.2) is 4.98 Å². The maximum absolute atomic E-state index is 12.6. The number of rotatable bonds is 2. The summed E-state index contributed by atoms with van der Waals surface area (Å²) in [6.07, 6.45) is 0.316. The lowest BCUT2D eigenvalue weighted by Gasteiger charge is -1.87. The van der Waals surface area contributed by atoms with Crippen LogP contribution < -0.4 is 0 Å². The van der Waals surface area contributed by atoms with Gasteiger partial charge < -0.3 is 5.11 Å². The topological polar surface area (TPSA) is 33.1 Å². The molecule has 0 aliphatic rings. The quantitative estimate of drug-likeness (QED) is 0.705. The van der Waals surface area contributed by atoms with Gasteiger partial charge in [-0.2, -0.15) is 4.39 Å².